The monoisotopic (exact) mass is 360 g/mol. The predicted octanol–water partition coefficient (Wildman–Crippen LogP) is 2.80. The Hall–Kier alpha value is -3.32. The zero-order valence-electron chi connectivity index (χ0n) is 14.7. The average molecular weight is 360 g/mol. The molecule has 4 rings (SSSR count). The van der Waals surface area contributed by atoms with Crippen LogP contribution in [0.5, 0.6) is 0 Å². The first kappa shape index (κ1) is 17.1. The zero-order valence-corrected chi connectivity index (χ0v) is 14.7. The van der Waals surface area contributed by atoms with Gasteiger partial charge in [0.05, 0.1) is 12.1 Å². The molecule has 3 N–H and O–H groups in total. The lowest BCUT2D eigenvalue weighted by atomic mass is 10.1. The summed E-state index contributed by atoms with van der Waals surface area (Å²) in [6, 6.07) is 13.8. The van der Waals surface area contributed by atoms with Gasteiger partial charge in [0.25, 0.3) is 0 Å². The molecule has 1 amide bonds. The Morgan fingerprint density at radius 3 is 2.63 bits per heavy atom. The Balaban J connectivity index is 1.34. The summed E-state index contributed by atoms with van der Waals surface area (Å²) in [5.74, 6) is 0.358. The van der Waals surface area contributed by atoms with Crippen molar-refractivity contribution >= 4 is 17.5 Å². The molecular weight excluding hydrogens is 340 g/mol. The van der Waals surface area contributed by atoms with Crippen LogP contribution in [0.4, 0.5) is 11.6 Å². The SMILES string of the molecule is O=C(Cc1ccnc(NNC2CC2)n1)Nc1ccc(-c2cccnc2)cc1. The molecule has 0 atom stereocenters. The Morgan fingerprint density at radius 2 is 1.89 bits per heavy atom. The van der Waals surface area contributed by atoms with Gasteiger partial charge >= 0.3 is 0 Å². The topological polar surface area (TPSA) is 91.8 Å². The van der Waals surface area contributed by atoms with Crippen LogP contribution in [0.15, 0.2) is 61.1 Å². The van der Waals surface area contributed by atoms with Crippen molar-refractivity contribution in [3.63, 3.8) is 0 Å². The molecule has 0 aliphatic heterocycles. The first-order valence-corrected chi connectivity index (χ1v) is 8.90. The second kappa shape index (κ2) is 7.92. The van der Waals surface area contributed by atoms with Crippen molar-refractivity contribution in [2.75, 3.05) is 10.7 Å². The molecule has 2 heterocycles. The van der Waals surface area contributed by atoms with Gasteiger partial charge in [-0.1, -0.05) is 18.2 Å². The lowest BCUT2D eigenvalue weighted by molar-refractivity contribution is -0.115. The lowest BCUT2D eigenvalue weighted by Crippen LogP contribution is -2.25. The number of anilines is 2. The predicted molar refractivity (Wildman–Crippen MR) is 104 cm³/mol. The highest BCUT2D eigenvalue weighted by Gasteiger charge is 2.20. The molecule has 27 heavy (non-hydrogen) atoms. The molecule has 0 bridgehead atoms. The van der Waals surface area contributed by atoms with Gasteiger partial charge in [0, 0.05) is 30.3 Å². The van der Waals surface area contributed by atoms with Gasteiger partial charge in [-0.15, -0.1) is 0 Å². The molecule has 7 heteroatoms. The van der Waals surface area contributed by atoms with Gasteiger partial charge in [0.2, 0.25) is 11.9 Å². The van der Waals surface area contributed by atoms with E-state index in [1.165, 1.54) is 0 Å². The van der Waals surface area contributed by atoms with E-state index in [1.54, 1.807) is 18.5 Å². The summed E-state index contributed by atoms with van der Waals surface area (Å²) in [6.45, 7) is 0. The molecule has 1 saturated carbocycles. The smallest absolute Gasteiger partial charge is 0.237 e. The van der Waals surface area contributed by atoms with Crippen molar-refractivity contribution in [3.05, 3.63) is 66.7 Å². The van der Waals surface area contributed by atoms with Crippen molar-refractivity contribution in [2.45, 2.75) is 25.3 Å². The first-order valence-electron chi connectivity index (χ1n) is 8.90. The number of benzene rings is 1. The van der Waals surface area contributed by atoms with Crippen LogP contribution in [-0.2, 0) is 11.2 Å². The van der Waals surface area contributed by atoms with Gasteiger partial charge in [-0.25, -0.2) is 15.4 Å². The molecule has 2 aromatic heterocycles. The molecule has 0 saturated heterocycles. The van der Waals surface area contributed by atoms with Gasteiger partial charge in [-0.3, -0.25) is 15.2 Å². The van der Waals surface area contributed by atoms with Crippen LogP contribution in [0.25, 0.3) is 11.1 Å². The standard InChI is InChI=1S/C20H20N6O/c27-19(12-18-9-11-22-20(24-18)26-25-17-7-8-17)23-16-5-3-14(4-6-16)15-2-1-10-21-13-15/h1-6,9-11,13,17,25H,7-8,12H2,(H,23,27)(H,22,24,26). The van der Waals surface area contributed by atoms with Crippen molar-refractivity contribution in [1.29, 1.82) is 0 Å². The lowest BCUT2D eigenvalue weighted by Gasteiger charge is -2.08. The van der Waals surface area contributed by atoms with E-state index in [9.17, 15) is 4.79 Å². The van der Waals surface area contributed by atoms with E-state index in [2.05, 4.69) is 31.1 Å². The highest BCUT2D eigenvalue weighted by atomic mass is 16.1. The minimum Gasteiger partial charge on any atom is -0.326 e. The van der Waals surface area contributed by atoms with Gasteiger partial charge in [0.1, 0.15) is 0 Å². The molecule has 1 aromatic carbocycles. The molecule has 136 valence electrons. The summed E-state index contributed by atoms with van der Waals surface area (Å²) >= 11 is 0. The summed E-state index contributed by atoms with van der Waals surface area (Å²) < 4.78 is 0. The second-order valence-electron chi connectivity index (χ2n) is 6.46. The molecule has 1 aliphatic carbocycles. The van der Waals surface area contributed by atoms with E-state index >= 15 is 0 Å². The number of pyridine rings is 1. The third-order valence-electron chi connectivity index (χ3n) is 4.18. The van der Waals surface area contributed by atoms with Gasteiger partial charge in [0.15, 0.2) is 0 Å². The quantitative estimate of drug-likeness (QED) is 0.561. The third-order valence-corrected chi connectivity index (χ3v) is 4.18. The molecular formula is C20H20N6O. The summed E-state index contributed by atoms with van der Waals surface area (Å²) in [4.78, 5) is 24.9. The Kier molecular flexibility index (Phi) is 5.02. The summed E-state index contributed by atoms with van der Waals surface area (Å²) in [5.41, 5.74) is 9.61. The molecule has 1 fully saturated rings. The number of carbonyl (C=O) groups excluding carboxylic acids is 1. The van der Waals surface area contributed by atoms with E-state index in [1.807, 2.05) is 42.6 Å². The minimum atomic E-state index is -0.121. The molecule has 0 spiro atoms. The van der Waals surface area contributed by atoms with Crippen molar-refractivity contribution in [1.82, 2.24) is 20.4 Å². The van der Waals surface area contributed by atoms with E-state index in [0.29, 0.717) is 17.7 Å². The van der Waals surface area contributed by atoms with Crippen LogP contribution in [0.3, 0.4) is 0 Å². The zero-order chi connectivity index (χ0) is 18.5. The number of rotatable bonds is 7. The van der Waals surface area contributed by atoms with E-state index in [4.69, 9.17) is 0 Å². The number of hydrazine groups is 1. The number of nitrogens with zero attached hydrogens (tertiary/aromatic N) is 3. The molecule has 7 nitrogen and oxygen atoms in total. The first-order chi connectivity index (χ1) is 13.3. The van der Waals surface area contributed by atoms with Crippen LogP contribution in [-0.4, -0.2) is 26.9 Å². The Bertz CT molecular complexity index is 909. The summed E-state index contributed by atoms with van der Waals surface area (Å²) in [6.07, 6.45) is 7.71. The van der Waals surface area contributed by atoms with Crippen LogP contribution >= 0.6 is 0 Å². The number of aromatic nitrogens is 3. The maximum Gasteiger partial charge on any atom is 0.237 e. The van der Waals surface area contributed by atoms with Crippen molar-refractivity contribution in [3.8, 4) is 11.1 Å². The summed E-state index contributed by atoms with van der Waals surface area (Å²) in [5, 5.41) is 2.90. The van der Waals surface area contributed by atoms with E-state index < -0.39 is 0 Å². The highest BCUT2D eigenvalue weighted by molar-refractivity contribution is 5.92. The van der Waals surface area contributed by atoms with Crippen molar-refractivity contribution in [2.24, 2.45) is 0 Å². The molecule has 1 aliphatic rings. The van der Waals surface area contributed by atoms with Gasteiger partial charge < -0.3 is 5.32 Å². The number of carbonyl (C=O) groups is 1. The molecule has 3 aromatic rings. The number of hydrogen-bond donors (Lipinski definition) is 3. The van der Waals surface area contributed by atoms with Gasteiger partial charge in [-0.2, -0.15) is 0 Å². The molecule has 0 unspecified atom stereocenters. The highest BCUT2D eigenvalue weighted by Crippen LogP contribution is 2.20. The van der Waals surface area contributed by atoms with Crippen LogP contribution in [0.1, 0.15) is 18.5 Å². The van der Waals surface area contributed by atoms with E-state index in [0.717, 1.165) is 29.7 Å². The maximum absolute atomic E-state index is 12.3. The normalized spacial score (nSPS) is 13.2. The second-order valence-corrected chi connectivity index (χ2v) is 6.46. The summed E-state index contributed by atoms with van der Waals surface area (Å²) in [7, 11) is 0. The number of hydrogen-bond acceptors (Lipinski definition) is 6. The van der Waals surface area contributed by atoms with Crippen LogP contribution < -0.4 is 16.2 Å². The maximum atomic E-state index is 12.3. The average Bonchev–Trinajstić information content (AvgIpc) is 3.52. The van der Waals surface area contributed by atoms with Crippen LogP contribution in [0.2, 0.25) is 0 Å². The third kappa shape index (κ3) is 4.86. The molecule has 0 radical (unpaired) electrons. The minimum absolute atomic E-state index is 0.121. The Morgan fingerprint density at radius 1 is 1.04 bits per heavy atom. The van der Waals surface area contributed by atoms with Crippen molar-refractivity contribution < 1.29 is 4.79 Å². The fourth-order valence-electron chi connectivity index (χ4n) is 2.60. The fraction of sp³-hybridized carbons (Fsp3) is 0.200. The number of amides is 1. The van der Waals surface area contributed by atoms with Crippen LogP contribution in [0, 0.1) is 0 Å². The largest absolute Gasteiger partial charge is 0.326 e. The van der Waals surface area contributed by atoms with Gasteiger partial charge in [-0.05, 0) is 48.2 Å². The fourth-order valence-corrected chi connectivity index (χ4v) is 2.60. The number of nitrogens with one attached hydrogen (secondary N) is 3. The Labute approximate surface area is 157 Å². The van der Waals surface area contributed by atoms with E-state index in [-0.39, 0.29) is 12.3 Å².